The molecule has 5 rings (SSSR count). The molecule has 0 aliphatic carbocycles. The lowest BCUT2D eigenvalue weighted by molar-refractivity contribution is -0.121. The van der Waals surface area contributed by atoms with Gasteiger partial charge in [0.1, 0.15) is 5.25 Å². The second-order valence-electron chi connectivity index (χ2n) is 8.67. The van der Waals surface area contributed by atoms with Gasteiger partial charge in [-0.25, -0.2) is 5.01 Å². The highest BCUT2D eigenvalue weighted by atomic mass is 35.5. The summed E-state index contributed by atoms with van der Waals surface area (Å²) in [6, 6.07) is 25.3. The monoisotopic (exact) mass is 516 g/mol. The van der Waals surface area contributed by atoms with Crippen molar-refractivity contribution >= 4 is 51.7 Å². The van der Waals surface area contributed by atoms with E-state index in [9.17, 15) is 9.59 Å². The van der Waals surface area contributed by atoms with E-state index in [-0.39, 0.29) is 24.3 Å². The minimum absolute atomic E-state index is 0.0259. The summed E-state index contributed by atoms with van der Waals surface area (Å²) in [4.78, 5) is 29.7. The van der Waals surface area contributed by atoms with E-state index in [2.05, 4.69) is 41.5 Å². The number of hydrogen-bond donors (Lipinski definition) is 1. The highest BCUT2D eigenvalue weighted by Gasteiger charge is 2.39. The number of benzene rings is 3. The molecule has 1 N–H and O–H groups in total. The number of anilines is 1. The van der Waals surface area contributed by atoms with Gasteiger partial charge in [0.15, 0.2) is 5.17 Å². The molecule has 2 aliphatic rings. The number of rotatable bonds is 6. The van der Waals surface area contributed by atoms with E-state index >= 15 is 0 Å². The maximum Gasteiger partial charge on any atom is 0.262 e. The topological polar surface area (TPSA) is 74.1 Å². The number of aliphatic imine (C=N–C) groups is 1. The first-order valence-corrected chi connectivity index (χ1v) is 13.1. The molecule has 182 valence electrons. The van der Waals surface area contributed by atoms with E-state index in [4.69, 9.17) is 16.7 Å². The maximum atomic E-state index is 12.8. The van der Waals surface area contributed by atoms with Crippen LogP contribution in [0.25, 0.3) is 0 Å². The summed E-state index contributed by atoms with van der Waals surface area (Å²) in [5.74, 6) is -0.564. The zero-order valence-corrected chi connectivity index (χ0v) is 21.3. The van der Waals surface area contributed by atoms with Gasteiger partial charge in [-0.15, -0.1) is 0 Å². The van der Waals surface area contributed by atoms with Crippen molar-refractivity contribution in [2.24, 2.45) is 10.1 Å². The Kier molecular flexibility index (Phi) is 7.20. The van der Waals surface area contributed by atoms with E-state index < -0.39 is 5.25 Å². The second-order valence-corrected chi connectivity index (χ2v) is 10.3. The Morgan fingerprint density at radius 3 is 2.47 bits per heavy atom. The predicted molar refractivity (Wildman–Crippen MR) is 147 cm³/mol. The lowest BCUT2D eigenvalue weighted by atomic mass is 9.97. The molecule has 6 nitrogen and oxygen atoms in total. The van der Waals surface area contributed by atoms with Gasteiger partial charge in [0.05, 0.1) is 11.8 Å². The minimum Gasteiger partial charge on any atom is -0.326 e. The number of nitrogens with one attached hydrogen (secondary N) is 1. The summed E-state index contributed by atoms with van der Waals surface area (Å²) in [7, 11) is 0. The number of nitrogens with zero attached hydrogens (tertiary/aromatic N) is 3. The number of thioether (sulfide) groups is 1. The number of carbonyl (C=O) groups is 2. The molecule has 3 aromatic carbocycles. The predicted octanol–water partition coefficient (Wildman–Crippen LogP) is 6.08. The third-order valence-corrected chi connectivity index (χ3v) is 7.61. The fourth-order valence-electron chi connectivity index (χ4n) is 4.25. The molecule has 2 heterocycles. The fraction of sp³-hybridized carbons (Fsp3) is 0.214. The van der Waals surface area contributed by atoms with Gasteiger partial charge in [0.2, 0.25) is 5.91 Å². The van der Waals surface area contributed by atoms with Crippen LogP contribution in [0.4, 0.5) is 5.69 Å². The number of hydrazone groups is 1. The Balaban J connectivity index is 1.34. The molecule has 0 saturated heterocycles. The smallest absolute Gasteiger partial charge is 0.262 e. The summed E-state index contributed by atoms with van der Waals surface area (Å²) < 4.78 is 0. The normalized spacial score (nSPS) is 19.3. The molecule has 2 aliphatic heterocycles. The number of amides is 2. The molecule has 36 heavy (non-hydrogen) atoms. The molecule has 0 saturated carbocycles. The number of halogens is 1. The Bertz CT molecular complexity index is 1320. The Hall–Kier alpha value is -3.42. The molecule has 8 heteroatoms. The molecule has 0 radical (unpaired) electrons. The Labute approximate surface area is 219 Å². The minimum atomic E-state index is -0.591. The van der Waals surface area contributed by atoms with Crippen molar-refractivity contribution in [1.29, 1.82) is 0 Å². The van der Waals surface area contributed by atoms with Gasteiger partial charge in [-0.05, 0) is 47.4 Å². The van der Waals surface area contributed by atoms with Gasteiger partial charge in [-0.1, -0.05) is 84.9 Å². The summed E-state index contributed by atoms with van der Waals surface area (Å²) in [6.07, 6.45) is 1.69. The summed E-state index contributed by atoms with van der Waals surface area (Å²) in [6.45, 7) is 2.13. The van der Waals surface area contributed by atoms with Gasteiger partial charge in [0.25, 0.3) is 5.91 Å². The first-order valence-electron chi connectivity index (χ1n) is 11.9. The van der Waals surface area contributed by atoms with E-state index in [1.54, 1.807) is 24.3 Å². The largest absolute Gasteiger partial charge is 0.326 e. The first kappa shape index (κ1) is 24.3. The molecule has 0 unspecified atom stereocenters. The zero-order valence-electron chi connectivity index (χ0n) is 19.7. The Morgan fingerprint density at radius 2 is 1.78 bits per heavy atom. The molecule has 3 aromatic rings. The molecule has 0 spiro atoms. The molecular formula is C28H25ClN4O2S. The van der Waals surface area contributed by atoms with Crippen LogP contribution in [0.3, 0.4) is 0 Å². The van der Waals surface area contributed by atoms with E-state index in [0.29, 0.717) is 22.3 Å². The fourth-order valence-corrected chi connectivity index (χ4v) is 5.43. The van der Waals surface area contributed by atoms with Crippen LogP contribution in [-0.2, 0) is 16.0 Å². The van der Waals surface area contributed by atoms with Crippen molar-refractivity contribution in [2.75, 3.05) is 5.32 Å². The van der Waals surface area contributed by atoms with Crippen LogP contribution in [0.2, 0.25) is 5.02 Å². The Morgan fingerprint density at radius 1 is 1.06 bits per heavy atom. The summed E-state index contributed by atoms with van der Waals surface area (Å²) >= 11 is 7.21. The molecule has 0 bridgehead atoms. The van der Waals surface area contributed by atoms with Crippen LogP contribution in [0.15, 0.2) is 89.0 Å². The second kappa shape index (κ2) is 10.7. The number of aryl methyl sites for hydroxylation is 1. The highest BCUT2D eigenvalue weighted by molar-refractivity contribution is 8.15. The average Bonchev–Trinajstić information content (AvgIpc) is 3.50. The molecule has 0 aromatic heterocycles. The van der Waals surface area contributed by atoms with Crippen molar-refractivity contribution in [3.63, 3.8) is 0 Å². The van der Waals surface area contributed by atoms with Crippen LogP contribution < -0.4 is 5.32 Å². The lowest BCUT2D eigenvalue weighted by Gasteiger charge is -2.23. The van der Waals surface area contributed by atoms with Crippen LogP contribution >= 0.6 is 23.4 Å². The third kappa shape index (κ3) is 5.37. The average molecular weight is 517 g/mol. The van der Waals surface area contributed by atoms with Crippen molar-refractivity contribution in [2.45, 2.75) is 37.5 Å². The number of hydrogen-bond acceptors (Lipinski definition) is 5. The van der Waals surface area contributed by atoms with E-state index in [1.807, 2.05) is 35.3 Å². The molecule has 2 atom stereocenters. The molecule has 0 fully saturated rings. The summed E-state index contributed by atoms with van der Waals surface area (Å²) in [5.41, 5.74) is 5.00. The molecular weight excluding hydrogens is 492 g/mol. The van der Waals surface area contributed by atoms with Crippen molar-refractivity contribution in [3.05, 3.63) is 101 Å². The van der Waals surface area contributed by atoms with Crippen LogP contribution in [-0.4, -0.2) is 33.0 Å². The van der Waals surface area contributed by atoms with Gasteiger partial charge < -0.3 is 5.32 Å². The van der Waals surface area contributed by atoms with Crippen molar-refractivity contribution < 1.29 is 9.59 Å². The zero-order chi connectivity index (χ0) is 25.1. The van der Waals surface area contributed by atoms with Crippen molar-refractivity contribution in [1.82, 2.24) is 5.01 Å². The standard InChI is InChI=1S/C28H25ClN4O2S/c1-2-18-8-10-20(11-9-18)24-16-23(19-6-4-3-5-7-19)32-33(24)28-31-27(35)25(36-28)17-26(34)30-22-14-12-21(29)13-15-22/h3-15,24-25H,2,16-17H2,1H3,(H,30,34)/t24-,25+/m0/s1. The van der Waals surface area contributed by atoms with Gasteiger partial charge in [-0.3, -0.25) is 9.59 Å². The highest BCUT2D eigenvalue weighted by Crippen LogP contribution is 2.38. The number of amidine groups is 1. The van der Waals surface area contributed by atoms with Crippen molar-refractivity contribution in [3.8, 4) is 0 Å². The summed E-state index contributed by atoms with van der Waals surface area (Å²) in [5, 5.41) is 10.1. The van der Waals surface area contributed by atoms with E-state index in [0.717, 1.165) is 23.3 Å². The third-order valence-electron chi connectivity index (χ3n) is 6.21. The van der Waals surface area contributed by atoms with Crippen LogP contribution in [0.5, 0.6) is 0 Å². The SMILES string of the molecule is CCc1ccc([C@@H]2CC(c3ccccc3)=NN2C2=NC(=O)[C@@H](CC(=O)Nc3ccc(Cl)cc3)S2)cc1. The quantitative estimate of drug-likeness (QED) is 0.431. The van der Waals surface area contributed by atoms with Crippen LogP contribution in [0.1, 0.15) is 42.5 Å². The van der Waals surface area contributed by atoms with Gasteiger partial charge in [-0.2, -0.15) is 10.1 Å². The van der Waals surface area contributed by atoms with Crippen LogP contribution in [0, 0.1) is 0 Å². The molecule has 2 amide bonds. The number of carbonyl (C=O) groups excluding carboxylic acids is 2. The lowest BCUT2D eigenvalue weighted by Crippen LogP contribution is -2.25. The van der Waals surface area contributed by atoms with E-state index in [1.165, 1.54) is 17.3 Å². The van der Waals surface area contributed by atoms with Gasteiger partial charge >= 0.3 is 0 Å². The van der Waals surface area contributed by atoms with Gasteiger partial charge in [0, 0.05) is 23.6 Å². The maximum absolute atomic E-state index is 12.8. The first-order chi connectivity index (χ1) is 17.5.